The second-order valence-corrected chi connectivity index (χ2v) is 15.5. The highest BCUT2D eigenvalue weighted by molar-refractivity contribution is 6.30. The highest BCUT2D eigenvalue weighted by Crippen LogP contribution is 2.46. The van der Waals surface area contributed by atoms with Gasteiger partial charge in [0.05, 0.1) is 35.7 Å². The fraction of sp³-hybridized carbons (Fsp3) is 0.277. The summed E-state index contributed by atoms with van der Waals surface area (Å²) in [5.41, 5.74) is -2.63. The molecule has 370 valence electrons. The number of carbonyl (C=O) groups is 2. The number of hydrogen-bond acceptors (Lipinski definition) is 6. The van der Waals surface area contributed by atoms with Gasteiger partial charge in [0.25, 0.3) is 0 Å². The van der Waals surface area contributed by atoms with Gasteiger partial charge in [-0.15, -0.1) is 0 Å². The lowest BCUT2D eigenvalue weighted by Gasteiger charge is -2.21. The van der Waals surface area contributed by atoms with Gasteiger partial charge in [-0.25, -0.2) is 17.6 Å². The SMILES string of the molecule is CCOC(=O)CCc1cc(F)c(OCc2c(C(F)(F)C(F)(F)F)ccn2-c2ccc(Cl)cc2)c(F)c1.CCOC(=O)CCc1cc(F)c(OCc2c(C(F)(F)F)ccn2-c2ccc(Cl)cc2)c(F)c1. The molecular weight excluding hydrogens is 987 g/mol. The Hall–Kier alpha value is -6.28. The molecule has 0 fully saturated rings. The third-order valence-electron chi connectivity index (χ3n) is 9.86. The number of halogens is 14. The molecule has 2 heterocycles. The molecule has 0 aliphatic heterocycles. The van der Waals surface area contributed by atoms with Crippen molar-refractivity contribution < 1.29 is 81.2 Å². The van der Waals surface area contributed by atoms with Gasteiger partial charge in [-0.2, -0.15) is 35.1 Å². The second-order valence-electron chi connectivity index (χ2n) is 14.6. The number of hydrogen-bond donors (Lipinski definition) is 0. The first-order valence-electron chi connectivity index (χ1n) is 20.4. The van der Waals surface area contributed by atoms with Gasteiger partial charge in [-0.05, 0) is 123 Å². The number of benzene rings is 4. The first-order valence-corrected chi connectivity index (χ1v) is 21.2. The number of aromatic nitrogens is 2. The number of ether oxygens (including phenoxy) is 4. The van der Waals surface area contributed by atoms with Crippen LogP contribution >= 0.6 is 23.2 Å². The molecule has 0 unspecified atom stereocenters. The molecule has 0 atom stereocenters. The highest BCUT2D eigenvalue weighted by atomic mass is 35.5. The van der Waals surface area contributed by atoms with Gasteiger partial charge in [0, 0.05) is 46.7 Å². The Balaban J connectivity index is 0.000000258. The summed E-state index contributed by atoms with van der Waals surface area (Å²) in [7, 11) is 0. The Morgan fingerprint density at radius 2 is 0.884 bits per heavy atom. The van der Waals surface area contributed by atoms with E-state index in [1.807, 2.05) is 0 Å². The second kappa shape index (κ2) is 22.9. The fourth-order valence-electron chi connectivity index (χ4n) is 6.64. The molecule has 0 radical (unpaired) electrons. The standard InChI is InChI=1S/C24H19ClF7NO3.C23H19ClF5NO3/c1-2-35-21(34)8-3-14-11-18(26)22(19(27)12-14)36-13-20-17(23(28,29)24(30,31)32)9-10-33(20)16-6-4-15(25)5-7-16;1-2-32-21(31)8-3-14-11-18(25)22(19(26)12-14)33-13-20-17(23(27,28)29)9-10-30(20)16-6-4-15(24)5-7-16/h4-7,9-12H,2-3,8,13H2,1H3;4-7,9-12H,2-3,8,13H2,1H3. The molecule has 0 bridgehead atoms. The molecule has 0 saturated carbocycles. The molecule has 8 nitrogen and oxygen atoms in total. The smallest absolute Gasteiger partial charge is 0.458 e. The first-order chi connectivity index (χ1) is 32.4. The summed E-state index contributed by atoms with van der Waals surface area (Å²) in [4.78, 5) is 22.9. The van der Waals surface area contributed by atoms with Crippen LogP contribution in [0.4, 0.5) is 52.7 Å². The van der Waals surface area contributed by atoms with Crippen LogP contribution in [0.2, 0.25) is 10.0 Å². The Labute approximate surface area is 395 Å². The molecule has 0 aliphatic rings. The third-order valence-corrected chi connectivity index (χ3v) is 10.4. The van der Waals surface area contributed by atoms with E-state index in [2.05, 4.69) is 0 Å². The van der Waals surface area contributed by atoms with Crippen LogP contribution in [-0.4, -0.2) is 40.5 Å². The molecule has 0 aliphatic carbocycles. The Bertz CT molecular complexity index is 2670. The van der Waals surface area contributed by atoms with Gasteiger partial charge >= 0.3 is 30.2 Å². The Morgan fingerprint density at radius 3 is 1.22 bits per heavy atom. The predicted octanol–water partition coefficient (Wildman–Crippen LogP) is 13.6. The summed E-state index contributed by atoms with van der Waals surface area (Å²) in [5.74, 6) is -12.8. The molecule has 6 rings (SSSR count). The summed E-state index contributed by atoms with van der Waals surface area (Å²) >= 11 is 11.6. The maximum Gasteiger partial charge on any atom is 0.458 e. The summed E-state index contributed by atoms with van der Waals surface area (Å²) in [5, 5.41) is 0.684. The zero-order valence-corrected chi connectivity index (χ0v) is 37.5. The summed E-state index contributed by atoms with van der Waals surface area (Å²) in [6.45, 7) is 1.79. The number of carbonyl (C=O) groups excluding carboxylic acids is 2. The average Bonchev–Trinajstić information content (AvgIpc) is 3.91. The molecule has 0 amide bonds. The molecule has 4 aromatic carbocycles. The Morgan fingerprint density at radius 1 is 0.536 bits per heavy atom. The molecule has 69 heavy (non-hydrogen) atoms. The topological polar surface area (TPSA) is 80.9 Å². The van der Waals surface area contributed by atoms with Crippen LogP contribution in [0, 0.1) is 23.3 Å². The van der Waals surface area contributed by atoms with Crippen molar-refractivity contribution in [2.24, 2.45) is 0 Å². The molecule has 6 aromatic rings. The quantitative estimate of drug-likeness (QED) is 0.0669. The summed E-state index contributed by atoms with van der Waals surface area (Å²) in [6.07, 6.45) is -8.71. The van der Waals surface area contributed by atoms with E-state index in [1.165, 1.54) is 59.3 Å². The average molecular weight is 1030 g/mol. The van der Waals surface area contributed by atoms with Gasteiger partial charge in [0.15, 0.2) is 34.8 Å². The first kappa shape index (κ1) is 53.7. The zero-order chi connectivity index (χ0) is 50.8. The van der Waals surface area contributed by atoms with Crippen LogP contribution in [0.25, 0.3) is 11.4 Å². The van der Waals surface area contributed by atoms with Gasteiger partial charge in [0.2, 0.25) is 0 Å². The Kier molecular flexibility index (Phi) is 17.8. The van der Waals surface area contributed by atoms with E-state index >= 15 is 0 Å². The van der Waals surface area contributed by atoms with Gasteiger partial charge < -0.3 is 28.1 Å². The lowest BCUT2D eigenvalue weighted by molar-refractivity contribution is -0.289. The summed E-state index contributed by atoms with van der Waals surface area (Å²) < 4.78 is 188. The molecular formula is C47H38Cl2F12N2O6. The molecule has 0 spiro atoms. The molecule has 2 aromatic heterocycles. The van der Waals surface area contributed by atoms with E-state index in [1.54, 1.807) is 13.8 Å². The molecule has 0 saturated heterocycles. The third kappa shape index (κ3) is 13.7. The minimum absolute atomic E-state index is 0.0323. The van der Waals surface area contributed by atoms with Crippen molar-refractivity contribution in [3.05, 3.63) is 164 Å². The van der Waals surface area contributed by atoms with E-state index in [0.717, 1.165) is 41.1 Å². The van der Waals surface area contributed by atoms with Crippen molar-refractivity contribution >= 4 is 35.1 Å². The number of rotatable bonds is 17. The number of nitrogens with zero attached hydrogens (tertiary/aromatic N) is 2. The van der Waals surface area contributed by atoms with Crippen LogP contribution in [-0.2, 0) is 57.2 Å². The minimum Gasteiger partial charge on any atom is -0.481 e. The largest absolute Gasteiger partial charge is 0.481 e. The van der Waals surface area contributed by atoms with Gasteiger partial charge in [0.1, 0.15) is 13.2 Å². The lowest BCUT2D eigenvalue weighted by atomic mass is 10.1. The highest BCUT2D eigenvalue weighted by Gasteiger charge is 2.60. The van der Waals surface area contributed by atoms with Crippen molar-refractivity contribution in [2.45, 2.75) is 71.0 Å². The lowest BCUT2D eigenvalue weighted by Crippen LogP contribution is -2.34. The van der Waals surface area contributed by atoms with E-state index in [-0.39, 0.29) is 66.4 Å². The van der Waals surface area contributed by atoms with Crippen molar-refractivity contribution in [1.82, 2.24) is 9.13 Å². The van der Waals surface area contributed by atoms with E-state index in [4.69, 9.17) is 42.1 Å². The van der Waals surface area contributed by atoms with Gasteiger partial charge in [-0.3, -0.25) is 9.59 Å². The number of alkyl halides is 8. The monoisotopic (exact) mass is 1020 g/mol. The minimum atomic E-state index is -5.93. The molecule has 22 heteroatoms. The number of aryl methyl sites for hydroxylation is 2. The van der Waals surface area contributed by atoms with E-state index < -0.39 is 95.0 Å². The van der Waals surface area contributed by atoms with Crippen LogP contribution in [0.1, 0.15) is 60.3 Å². The number of esters is 2. The predicted molar refractivity (Wildman–Crippen MR) is 228 cm³/mol. The maximum atomic E-state index is 14.6. The molecule has 0 N–H and O–H groups in total. The summed E-state index contributed by atoms with van der Waals surface area (Å²) in [6, 6.07) is 16.6. The normalized spacial score (nSPS) is 11.8. The van der Waals surface area contributed by atoms with Crippen molar-refractivity contribution in [3.63, 3.8) is 0 Å². The van der Waals surface area contributed by atoms with Crippen LogP contribution in [0.5, 0.6) is 11.5 Å². The van der Waals surface area contributed by atoms with E-state index in [0.29, 0.717) is 16.8 Å². The van der Waals surface area contributed by atoms with Gasteiger partial charge in [-0.1, -0.05) is 23.2 Å². The fourth-order valence-corrected chi connectivity index (χ4v) is 6.89. The van der Waals surface area contributed by atoms with Crippen LogP contribution in [0.3, 0.4) is 0 Å². The zero-order valence-electron chi connectivity index (χ0n) is 36.0. The van der Waals surface area contributed by atoms with Crippen molar-refractivity contribution in [1.29, 1.82) is 0 Å². The van der Waals surface area contributed by atoms with E-state index in [9.17, 15) is 62.3 Å². The van der Waals surface area contributed by atoms with Crippen LogP contribution in [0.15, 0.2) is 97.3 Å². The van der Waals surface area contributed by atoms with Crippen molar-refractivity contribution in [3.8, 4) is 22.9 Å². The maximum absolute atomic E-state index is 14.6. The van der Waals surface area contributed by atoms with Crippen LogP contribution < -0.4 is 9.47 Å². The van der Waals surface area contributed by atoms with Crippen molar-refractivity contribution in [2.75, 3.05) is 13.2 Å².